The van der Waals surface area contributed by atoms with Gasteiger partial charge in [-0.15, -0.1) is 0 Å². The van der Waals surface area contributed by atoms with Gasteiger partial charge >= 0.3 is 13.8 Å². The van der Waals surface area contributed by atoms with Gasteiger partial charge in [-0.3, -0.25) is 13.8 Å². The number of hydrogen-bond acceptors (Lipinski definition) is 7. The Kier molecular flexibility index (Phi) is 43.2. The van der Waals surface area contributed by atoms with Crippen LogP contribution in [-0.2, 0) is 27.9 Å². The van der Waals surface area contributed by atoms with E-state index in [9.17, 15) is 14.3 Å². The lowest BCUT2D eigenvalue weighted by molar-refractivity contribution is -0.154. The molecule has 0 rings (SSSR count). The van der Waals surface area contributed by atoms with E-state index in [-0.39, 0.29) is 32.3 Å². The largest absolute Gasteiger partial charge is 0.472 e. The molecule has 0 aliphatic heterocycles. The topological polar surface area (TPSA) is 117 Å². The Hall–Kier alpha value is -0.500. The van der Waals surface area contributed by atoms with Gasteiger partial charge in [0.15, 0.2) is 0 Å². The molecule has 0 saturated carbocycles. The number of esters is 1. The predicted octanol–water partition coefficient (Wildman–Crippen LogP) is 14.1. The molecule has 2 atom stereocenters. The number of phosphoric ester groups is 1. The van der Waals surface area contributed by atoms with E-state index in [4.69, 9.17) is 24.3 Å². The molecule has 324 valence electrons. The van der Waals surface area contributed by atoms with Crippen LogP contribution >= 0.6 is 7.82 Å². The van der Waals surface area contributed by atoms with Crippen LogP contribution in [0.1, 0.15) is 245 Å². The minimum absolute atomic E-state index is 0.0903. The Labute approximate surface area is 335 Å². The third-order valence-corrected chi connectivity index (χ3v) is 11.5. The summed E-state index contributed by atoms with van der Waals surface area (Å²) >= 11 is 0. The first kappa shape index (κ1) is 53.5. The van der Waals surface area contributed by atoms with Gasteiger partial charge in [0.1, 0.15) is 6.10 Å². The summed E-state index contributed by atoms with van der Waals surface area (Å²) < 4.78 is 33.4. The van der Waals surface area contributed by atoms with Gasteiger partial charge in [0.05, 0.1) is 19.8 Å². The van der Waals surface area contributed by atoms with E-state index in [1.165, 1.54) is 193 Å². The van der Waals surface area contributed by atoms with Crippen molar-refractivity contribution in [1.29, 1.82) is 0 Å². The molecule has 8 nitrogen and oxygen atoms in total. The Bertz CT molecular complexity index is 802. The fourth-order valence-electron chi connectivity index (χ4n) is 7.06. The number of hydrogen-bond donors (Lipinski definition) is 2. The lowest BCUT2D eigenvalue weighted by atomic mass is 10.0. The molecule has 0 fully saturated rings. The number of ether oxygens (including phenoxy) is 2. The SMILES string of the molecule is CCCCCCCCCCCCCCCCCCCCCCCCCCCCOCC(COP(=O)(O)OCCN)OC(=O)CCCCCCCCCCC. The van der Waals surface area contributed by atoms with Gasteiger partial charge in [0.2, 0.25) is 0 Å². The van der Waals surface area contributed by atoms with Crippen LogP contribution in [0.3, 0.4) is 0 Å². The van der Waals surface area contributed by atoms with Crippen LogP contribution in [0.2, 0.25) is 0 Å². The van der Waals surface area contributed by atoms with Gasteiger partial charge in [0.25, 0.3) is 0 Å². The zero-order valence-corrected chi connectivity index (χ0v) is 36.9. The highest BCUT2D eigenvalue weighted by atomic mass is 31.2. The van der Waals surface area contributed by atoms with Crippen LogP contribution in [0.25, 0.3) is 0 Å². The second-order valence-electron chi connectivity index (χ2n) is 16.0. The molecule has 0 amide bonds. The van der Waals surface area contributed by atoms with E-state index >= 15 is 0 Å². The highest BCUT2D eigenvalue weighted by Crippen LogP contribution is 2.43. The van der Waals surface area contributed by atoms with Gasteiger partial charge in [-0.2, -0.15) is 0 Å². The molecule has 0 aliphatic rings. The van der Waals surface area contributed by atoms with Crippen LogP contribution in [0, 0.1) is 0 Å². The summed E-state index contributed by atoms with van der Waals surface area (Å²) in [5.41, 5.74) is 5.36. The van der Waals surface area contributed by atoms with Crippen molar-refractivity contribution in [2.24, 2.45) is 5.73 Å². The third-order valence-electron chi connectivity index (χ3n) is 10.5. The van der Waals surface area contributed by atoms with Gasteiger partial charge in [-0.1, -0.05) is 226 Å². The molecule has 0 radical (unpaired) electrons. The van der Waals surface area contributed by atoms with Crippen molar-refractivity contribution in [2.45, 2.75) is 251 Å². The fraction of sp³-hybridized carbons (Fsp3) is 0.978. The molecule has 0 heterocycles. The lowest BCUT2D eigenvalue weighted by Crippen LogP contribution is -2.28. The molecular weight excluding hydrogens is 697 g/mol. The van der Waals surface area contributed by atoms with Crippen molar-refractivity contribution in [1.82, 2.24) is 0 Å². The summed E-state index contributed by atoms with van der Waals surface area (Å²) in [6.45, 7) is 4.96. The summed E-state index contributed by atoms with van der Waals surface area (Å²) in [6.07, 6.45) is 45.8. The average Bonchev–Trinajstić information content (AvgIpc) is 3.16. The smallest absolute Gasteiger partial charge is 0.457 e. The van der Waals surface area contributed by atoms with Crippen molar-refractivity contribution in [3.05, 3.63) is 0 Å². The van der Waals surface area contributed by atoms with Gasteiger partial charge in [-0.05, 0) is 12.8 Å². The third kappa shape index (κ3) is 42.6. The van der Waals surface area contributed by atoms with Crippen molar-refractivity contribution >= 4 is 13.8 Å². The lowest BCUT2D eigenvalue weighted by Gasteiger charge is -2.20. The molecule has 0 bridgehead atoms. The van der Waals surface area contributed by atoms with Crippen LogP contribution < -0.4 is 5.73 Å². The minimum atomic E-state index is -4.26. The summed E-state index contributed by atoms with van der Waals surface area (Å²) in [5.74, 6) is -0.328. The Balaban J connectivity index is 3.75. The molecule has 3 N–H and O–H groups in total. The van der Waals surface area contributed by atoms with Gasteiger partial charge in [-0.25, -0.2) is 4.57 Å². The van der Waals surface area contributed by atoms with Crippen LogP contribution in [0.4, 0.5) is 0 Å². The number of phosphoric acid groups is 1. The zero-order chi connectivity index (χ0) is 39.5. The van der Waals surface area contributed by atoms with E-state index in [1.54, 1.807) is 0 Å². The zero-order valence-electron chi connectivity index (χ0n) is 36.0. The Morgan fingerprint density at radius 2 is 0.815 bits per heavy atom. The predicted molar refractivity (Wildman–Crippen MR) is 229 cm³/mol. The second kappa shape index (κ2) is 43.6. The Morgan fingerprint density at radius 1 is 0.481 bits per heavy atom. The number of nitrogens with two attached hydrogens (primary N) is 1. The maximum absolute atomic E-state index is 12.5. The fourth-order valence-corrected chi connectivity index (χ4v) is 7.82. The molecule has 2 unspecified atom stereocenters. The van der Waals surface area contributed by atoms with Crippen LogP contribution in [0.5, 0.6) is 0 Å². The minimum Gasteiger partial charge on any atom is -0.457 e. The average molecular weight is 790 g/mol. The van der Waals surface area contributed by atoms with Crippen molar-refractivity contribution in [3.63, 3.8) is 0 Å². The number of carbonyl (C=O) groups excluding carboxylic acids is 1. The van der Waals surface area contributed by atoms with E-state index < -0.39 is 13.9 Å². The summed E-state index contributed by atoms with van der Waals surface area (Å²) in [6, 6.07) is 0. The van der Waals surface area contributed by atoms with Crippen LogP contribution in [-0.4, -0.2) is 49.9 Å². The standard InChI is InChI=1S/C45H92NO7P/c1-3-5-7-9-11-13-14-15-16-17-18-19-20-21-22-23-24-25-26-27-28-29-31-33-35-37-40-50-42-44(43-52-54(48,49)51-41-39-46)53-45(47)38-36-34-32-30-12-10-8-6-4-2/h44H,3-43,46H2,1-2H3,(H,48,49). The molecule has 0 aliphatic carbocycles. The number of carbonyl (C=O) groups is 1. The van der Waals surface area contributed by atoms with Crippen LogP contribution in [0.15, 0.2) is 0 Å². The van der Waals surface area contributed by atoms with E-state index in [0.29, 0.717) is 13.0 Å². The summed E-state index contributed by atoms with van der Waals surface area (Å²) in [7, 11) is -4.26. The van der Waals surface area contributed by atoms with Crippen molar-refractivity contribution in [3.8, 4) is 0 Å². The summed E-state index contributed by atoms with van der Waals surface area (Å²) in [5, 5.41) is 0. The summed E-state index contributed by atoms with van der Waals surface area (Å²) in [4.78, 5) is 22.4. The first-order valence-electron chi connectivity index (χ1n) is 23.5. The monoisotopic (exact) mass is 790 g/mol. The van der Waals surface area contributed by atoms with Crippen molar-refractivity contribution in [2.75, 3.05) is 33.0 Å². The molecule has 0 saturated heterocycles. The highest BCUT2D eigenvalue weighted by Gasteiger charge is 2.25. The number of rotatable bonds is 46. The van der Waals surface area contributed by atoms with E-state index in [2.05, 4.69) is 13.8 Å². The molecule has 0 aromatic carbocycles. The normalized spacial score (nSPS) is 13.3. The molecule has 0 aromatic heterocycles. The maximum Gasteiger partial charge on any atom is 0.472 e. The second-order valence-corrected chi connectivity index (χ2v) is 17.4. The first-order valence-corrected chi connectivity index (χ1v) is 25.0. The highest BCUT2D eigenvalue weighted by molar-refractivity contribution is 7.47. The van der Waals surface area contributed by atoms with Crippen molar-refractivity contribution < 1.29 is 32.8 Å². The molecule has 0 aromatic rings. The Morgan fingerprint density at radius 3 is 1.17 bits per heavy atom. The van der Waals surface area contributed by atoms with E-state index in [0.717, 1.165) is 32.1 Å². The molecule has 9 heteroatoms. The quantitative estimate of drug-likeness (QED) is 0.0356. The van der Waals surface area contributed by atoms with E-state index in [1.807, 2.05) is 0 Å². The molecular formula is C45H92NO7P. The van der Waals surface area contributed by atoms with Gasteiger partial charge in [0, 0.05) is 19.6 Å². The molecule has 0 spiro atoms. The first-order chi connectivity index (χ1) is 26.4. The number of unbranched alkanes of at least 4 members (excludes halogenated alkanes) is 33. The van der Waals surface area contributed by atoms with Gasteiger partial charge < -0.3 is 20.1 Å². The maximum atomic E-state index is 12.5. The molecule has 54 heavy (non-hydrogen) atoms.